The van der Waals surface area contributed by atoms with Gasteiger partial charge in [0.15, 0.2) is 0 Å². The molecule has 0 aliphatic rings. The molecule has 4 heteroatoms. The van der Waals surface area contributed by atoms with Crippen LogP contribution in [0.4, 0.5) is 0 Å². The Labute approximate surface area is 80.3 Å². The Morgan fingerprint density at radius 1 is 1.46 bits per heavy atom. The molecule has 0 bridgehead atoms. The van der Waals surface area contributed by atoms with Gasteiger partial charge in [0.25, 0.3) is 0 Å². The molecule has 0 saturated carbocycles. The average Bonchev–Trinajstić information content (AvgIpc) is 2.01. The first-order valence-electron chi connectivity index (χ1n) is 4.67. The van der Waals surface area contributed by atoms with Crippen LogP contribution in [-0.4, -0.2) is 36.5 Å². The predicted octanol–water partition coefficient (Wildman–Crippen LogP) is -0.0790. The van der Waals surface area contributed by atoms with E-state index < -0.39 is 11.4 Å². The highest BCUT2D eigenvalue weighted by Crippen LogP contribution is 2.05. The maximum atomic E-state index is 10.9. The highest BCUT2D eigenvalue weighted by molar-refractivity contribution is 5.83. The molecule has 0 heterocycles. The van der Waals surface area contributed by atoms with Crippen LogP contribution in [0.15, 0.2) is 0 Å². The second-order valence-corrected chi connectivity index (χ2v) is 3.83. The van der Waals surface area contributed by atoms with Gasteiger partial charge in [0.2, 0.25) is 5.91 Å². The van der Waals surface area contributed by atoms with Crippen molar-refractivity contribution in [3.8, 4) is 0 Å². The first-order chi connectivity index (χ1) is 5.90. The first-order valence-corrected chi connectivity index (χ1v) is 4.67. The summed E-state index contributed by atoms with van der Waals surface area (Å²) in [6, 6.07) is 0. The van der Waals surface area contributed by atoms with Crippen molar-refractivity contribution >= 4 is 5.91 Å². The van der Waals surface area contributed by atoms with Crippen molar-refractivity contribution < 1.29 is 4.79 Å². The lowest BCUT2D eigenvalue weighted by molar-refractivity contribution is -0.122. The van der Waals surface area contributed by atoms with Gasteiger partial charge < -0.3 is 16.4 Å². The third kappa shape index (κ3) is 4.85. The molecule has 0 saturated heterocycles. The number of rotatable bonds is 6. The van der Waals surface area contributed by atoms with E-state index in [9.17, 15) is 4.79 Å². The van der Waals surface area contributed by atoms with E-state index in [-0.39, 0.29) is 0 Å². The Morgan fingerprint density at radius 3 is 2.38 bits per heavy atom. The van der Waals surface area contributed by atoms with Crippen molar-refractivity contribution in [1.82, 2.24) is 4.90 Å². The quantitative estimate of drug-likeness (QED) is 0.611. The van der Waals surface area contributed by atoms with Crippen LogP contribution in [-0.2, 0) is 4.79 Å². The normalized spacial score (nSPS) is 15.8. The molecule has 0 rings (SSSR count). The van der Waals surface area contributed by atoms with Gasteiger partial charge in [-0.05, 0) is 33.4 Å². The molecule has 0 radical (unpaired) electrons. The number of nitrogens with two attached hydrogens (primary N) is 2. The molecule has 78 valence electrons. The minimum absolute atomic E-state index is 0.433. The lowest BCUT2D eigenvalue weighted by Crippen LogP contribution is -2.50. The summed E-state index contributed by atoms with van der Waals surface area (Å²) >= 11 is 0. The van der Waals surface area contributed by atoms with Crippen molar-refractivity contribution in [3.05, 3.63) is 0 Å². The van der Waals surface area contributed by atoms with E-state index in [0.29, 0.717) is 6.42 Å². The number of carbonyl (C=O) groups excluding carboxylic acids is 1. The van der Waals surface area contributed by atoms with E-state index in [1.807, 2.05) is 7.05 Å². The smallest absolute Gasteiger partial charge is 0.237 e. The molecule has 0 aromatic heterocycles. The highest BCUT2D eigenvalue weighted by Gasteiger charge is 2.25. The molecule has 0 spiro atoms. The Kier molecular flexibility index (Phi) is 4.95. The van der Waals surface area contributed by atoms with E-state index in [0.717, 1.165) is 19.5 Å². The highest BCUT2D eigenvalue weighted by atomic mass is 16.1. The number of nitrogens with zero attached hydrogens (tertiary/aromatic N) is 1. The van der Waals surface area contributed by atoms with E-state index in [1.54, 1.807) is 6.92 Å². The summed E-state index contributed by atoms with van der Waals surface area (Å²) in [5.41, 5.74) is 9.98. The zero-order valence-electron chi connectivity index (χ0n) is 8.84. The van der Waals surface area contributed by atoms with Crippen LogP contribution >= 0.6 is 0 Å². The second kappa shape index (κ2) is 5.19. The van der Waals surface area contributed by atoms with E-state index in [1.165, 1.54) is 0 Å². The Bertz CT molecular complexity index is 168. The third-order valence-electron chi connectivity index (χ3n) is 2.18. The average molecular weight is 187 g/mol. The number of carbonyl (C=O) groups is 1. The van der Waals surface area contributed by atoms with Crippen molar-refractivity contribution in [2.75, 3.05) is 20.1 Å². The lowest BCUT2D eigenvalue weighted by atomic mass is 9.98. The van der Waals surface area contributed by atoms with Gasteiger partial charge in [-0.25, -0.2) is 0 Å². The molecule has 4 nitrogen and oxygen atoms in total. The van der Waals surface area contributed by atoms with Crippen LogP contribution in [0, 0.1) is 0 Å². The monoisotopic (exact) mass is 187 g/mol. The van der Waals surface area contributed by atoms with Crippen LogP contribution in [0.2, 0.25) is 0 Å². The summed E-state index contributed by atoms with van der Waals surface area (Å²) in [5.74, 6) is -0.433. The van der Waals surface area contributed by atoms with Gasteiger partial charge in [-0.15, -0.1) is 0 Å². The topological polar surface area (TPSA) is 72.3 Å². The fourth-order valence-electron chi connectivity index (χ4n) is 1.04. The van der Waals surface area contributed by atoms with Gasteiger partial charge in [-0.1, -0.05) is 6.92 Å². The van der Waals surface area contributed by atoms with Gasteiger partial charge >= 0.3 is 0 Å². The van der Waals surface area contributed by atoms with Gasteiger partial charge in [0, 0.05) is 6.54 Å². The maximum absolute atomic E-state index is 10.9. The first kappa shape index (κ1) is 12.4. The maximum Gasteiger partial charge on any atom is 0.237 e. The van der Waals surface area contributed by atoms with Gasteiger partial charge in [0.05, 0.1) is 5.54 Å². The van der Waals surface area contributed by atoms with Crippen LogP contribution in [0.25, 0.3) is 0 Å². The van der Waals surface area contributed by atoms with E-state index >= 15 is 0 Å². The van der Waals surface area contributed by atoms with E-state index in [4.69, 9.17) is 11.5 Å². The molecule has 4 N–H and O–H groups in total. The number of hydrogen-bond donors (Lipinski definition) is 2. The summed E-state index contributed by atoms with van der Waals surface area (Å²) < 4.78 is 0. The molecule has 0 aromatic rings. The molecule has 13 heavy (non-hydrogen) atoms. The summed E-state index contributed by atoms with van der Waals surface area (Å²) in [6.45, 7) is 5.62. The predicted molar refractivity (Wildman–Crippen MR) is 54.2 cm³/mol. The van der Waals surface area contributed by atoms with Crippen molar-refractivity contribution in [2.45, 2.75) is 32.2 Å². The Hall–Kier alpha value is -0.610. The van der Waals surface area contributed by atoms with Gasteiger partial charge in [-0.3, -0.25) is 4.79 Å². The number of amides is 1. The zero-order chi connectivity index (χ0) is 10.5. The van der Waals surface area contributed by atoms with Crippen molar-refractivity contribution in [2.24, 2.45) is 11.5 Å². The number of primary amides is 1. The molecule has 0 aromatic carbocycles. The fraction of sp³-hybridized carbons (Fsp3) is 0.889. The molecular weight excluding hydrogens is 166 g/mol. The van der Waals surface area contributed by atoms with E-state index in [2.05, 4.69) is 11.8 Å². The minimum Gasteiger partial charge on any atom is -0.368 e. The molecule has 0 aliphatic heterocycles. The fourth-order valence-corrected chi connectivity index (χ4v) is 1.04. The molecule has 1 amide bonds. The molecule has 0 aliphatic carbocycles. The van der Waals surface area contributed by atoms with Crippen molar-refractivity contribution in [1.29, 1.82) is 0 Å². The summed E-state index contributed by atoms with van der Waals surface area (Å²) in [6.07, 6.45) is 1.72. The van der Waals surface area contributed by atoms with Gasteiger partial charge in [-0.2, -0.15) is 0 Å². The standard InChI is InChI=1S/C9H21N3O/c1-4-6-12(3)7-5-9(2,11)8(10)13/h4-7,11H2,1-3H3,(H2,10,13). The Morgan fingerprint density at radius 2 is 2.00 bits per heavy atom. The zero-order valence-corrected chi connectivity index (χ0v) is 8.84. The molecule has 1 atom stereocenters. The van der Waals surface area contributed by atoms with Gasteiger partial charge in [0.1, 0.15) is 0 Å². The Balaban J connectivity index is 3.80. The van der Waals surface area contributed by atoms with Crippen LogP contribution in [0.1, 0.15) is 26.7 Å². The largest absolute Gasteiger partial charge is 0.368 e. The lowest BCUT2D eigenvalue weighted by Gasteiger charge is -2.24. The summed E-state index contributed by atoms with van der Waals surface area (Å²) in [5, 5.41) is 0. The van der Waals surface area contributed by atoms with Crippen LogP contribution in [0.5, 0.6) is 0 Å². The van der Waals surface area contributed by atoms with Crippen LogP contribution < -0.4 is 11.5 Å². The SMILES string of the molecule is CCCN(C)CCC(C)(N)C(N)=O. The molecule has 0 fully saturated rings. The summed E-state index contributed by atoms with van der Waals surface area (Å²) in [7, 11) is 2.01. The number of hydrogen-bond acceptors (Lipinski definition) is 3. The van der Waals surface area contributed by atoms with Crippen LogP contribution in [0.3, 0.4) is 0 Å². The minimum atomic E-state index is -0.873. The van der Waals surface area contributed by atoms with Crippen molar-refractivity contribution in [3.63, 3.8) is 0 Å². The molecular formula is C9H21N3O. The second-order valence-electron chi connectivity index (χ2n) is 3.83. The summed E-state index contributed by atoms with van der Waals surface area (Å²) in [4.78, 5) is 13.0. The third-order valence-corrected chi connectivity index (χ3v) is 2.18. The molecule has 1 unspecified atom stereocenters.